The average molecular weight is 438 g/mol. The molecule has 1 saturated heterocycles. The van der Waals surface area contributed by atoms with Gasteiger partial charge in [-0.15, -0.1) is 4.40 Å². The summed E-state index contributed by atoms with van der Waals surface area (Å²) in [5, 5.41) is 0. The van der Waals surface area contributed by atoms with Gasteiger partial charge < -0.3 is 9.80 Å². The summed E-state index contributed by atoms with van der Waals surface area (Å²) in [5.41, 5.74) is 4.08. The van der Waals surface area contributed by atoms with Crippen molar-refractivity contribution in [3.63, 3.8) is 0 Å². The first kappa shape index (κ1) is 21.3. The van der Waals surface area contributed by atoms with Gasteiger partial charge in [-0.3, -0.25) is 4.79 Å². The van der Waals surface area contributed by atoms with Crippen LogP contribution in [-0.4, -0.2) is 56.1 Å². The fourth-order valence-electron chi connectivity index (χ4n) is 4.20. The molecule has 0 radical (unpaired) electrons. The molecule has 4 rings (SSSR count). The van der Waals surface area contributed by atoms with Gasteiger partial charge in [0.25, 0.3) is 15.9 Å². The summed E-state index contributed by atoms with van der Waals surface area (Å²) in [5.74, 6) is 0.523. The standard InChI is InChI=1S/C24H27N3O3S/c1-17-9-11-20(12-10-17)22-19(3)23(25-31(22,29)30)26-13-6-14-27(16-15-26)24(28)21-8-5-4-7-18(21)2/h4-5,7-12H,6,13-16H2,1-3H3. The molecule has 2 aliphatic heterocycles. The van der Waals surface area contributed by atoms with Crippen molar-refractivity contribution in [3.05, 3.63) is 76.4 Å². The molecule has 0 saturated carbocycles. The Morgan fingerprint density at radius 2 is 1.61 bits per heavy atom. The lowest BCUT2D eigenvalue weighted by atomic mass is 10.1. The number of sulfonamides is 1. The summed E-state index contributed by atoms with van der Waals surface area (Å²) < 4.78 is 29.8. The average Bonchev–Trinajstić information content (AvgIpc) is 2.90. The number of rotatable bonds is 2. The van der Waals surface area contributed by atoms with Gasteiger partial charge in [0.05, 0.1) is 0 Å². The van der Waals surface area contributed by atoms with Gasteiger partial charge in [0, 0.05) is 37.3 Å². The highest BCUT2D eigenvalue weighted by Gasteiger charge is 2.34. The Kier molecular flexibility index (Phi) is 5.71. The van der Waals surface area contributed by atoms with Crippen molar-refractivity contribution >= 4 is 26.7 Å². The third kappa shape index (κ3) is 4.14. The van der Waals surface area contributed by atoms with E-state index >= 15 is 0 Å². The largest absolute Gasteiger partial charge is 0.354 e. The van der Waals surface area contributed by atoms with Gasteiger partial charge in [-0.1, -0.05) is 48.0 Å². The van der Waals surface area contributed by atoms with Gasteiger partial charge in [0.15, 0.2) is 0 Å². The van der Waals surface area contributed by atoms with Crippen LogP contribution in [0.3, 0.4) is 0 Å². The minimum absolute atomic E-state index is 0.0218. The molecular weight excluding hydrogens is 410 g/mol. The summed E-state index contributed by atoms with van der Waals surface area (Å²) in [4.78, 5) is 17.1. The third-order valence-electron chi connectivity index (χ3n) is 5.91. The molecule has 0 unspecified atom stereocenters. The number of amides is 1. The maximum atomic E-state index is 13.0. The molecule has 31 heavy (non-hydrogen) atoms. The maximum absolute atomic E-state index is 13.0. The van der Waals surface area contributed by atoms with E-state index in [1.165, 1.54) is 0 Å². The van der Waals surface area contributed by atoms with Gasteiger partial charge in [-0.05, 0) is 44.4 Å². The minimum Gasteiger partial charge on any atom is -0.354 e. The molecule has 1 fully saturated rings. The second kappa shape index (κ2) is 8.30. The molecule has 2 aliphatic rings. The van der Waals surface area contributed by atoms with Gasteiger partial charge in [-0.2, -0.15) is 8.42 Å². The van der Waals surface area contributed by atoms with Crippen LogP contribution >= 0.6 is 0 Å². The van der Waals surface area contributed by atoms with E-state index in [0.717, 1.165) is 23.1 Å². The van der Waals surface area contributed by atoms with E-state index in [2.05, 4.69) is 4.40 Å². The van der Waals surface area contributed by atoms with E-state index in [1.54, 1.807) is 0 Å². The minimum atomic E-state index is -3.75. The van der Waals surface area contributed by atoms with Crippen molar-refractivity contribution in [1.29, 1.82) is 0 Å². The molecule has 7 heteroatoms. The number of benzene rings is 2. The molecule has 0 atom stereocenters. The summed E-state index contributed by atoms with van der Waals surface area (Å²) >= 11 is 0. The molecule has 0 N–H and O–H groups in total. The highest BCUT2D eigenvalue weighted by molar-refractivity contribution is 8.00. The normalized spacial score (nSPS) is 18.7. The van der Waals surface area contributed by atoms with Crippen LogP contribution in [0.15, 0.2) is 58.5 Å². The van der Waals surface area contributed by atoms with Crippen molar-refractivity contribution in [2.45, 2.75) is 27.2 Å². The highest BCUT2D eigenvalue weighted by Crippen LogP contribution is 2.34. The lowest BCUT2D eigenvalue weighted by Gasteiger charge is -2.24. The smallest absolute Gasteiger partial charge is 0.285 e. The lowest BCUT2D eigenvalue weighted by molar-refractivity contribution is 0.0763. The number of aryl methyl sites for hydroxylation is 2. The monoisotopic (exact) mass is 437 g/mol. The topological polar surface area (TPSA) is 70.1 Å². The van der Waals surface area contributed by atoms with Crippen LogP contribution in [0.4, 0.5) is 0 Å². The molecule has 0 bridgehead atoms. The number of hydrogen-bond donors (Lipinski definition) is 0. The first-order valence-electron chi connectivity index (χ1n) is 10.5. The van der Waals surface area contributed by atoms with Crippen molar-refractivity contribution in [2.75, 3.05) is 26.2 Å². The van der Waals surface area contributed by atoms with E-state index in [4.69, 9.17) is 0 Å². The van der Waals surface area contributed by atoms with E-state index in [0.29, 0.717) is 43.2 Å². The molecule has 0 spiro atoms. The third-order valence-corrected chi connectivity index (χ3v) is 7.38. The van der Waals surface area contributed by atoms with Crippen LogP contribution in [0.2, 0.25) is 0 Å². The summed E-state index contributed by atoms with van der Waals surface area (Å²) in [6.07, 6.45) is 0.754. The van der Waals surface area contributed by atoms with E-state index in [-0.39, 0.29) is 10.8 Å². The Labute approximate surface area is 184 Å². The molecule has 6 nitrogen and oxygen atoms in total. The predicted octanol–water partition coefficient (Wildman–Crippen LogP) is 3.62. The molecule has 0 aliphatic carbocycles. The summed E-state index contributed by atoms with van der Waals surface area (Å²) in [6.45, 7) is 8.10. The van der Waals surface area contributed by atoms with Crippen LogP contribution in [0.1, 0.15) is 40.4 Å². The van der Waals surface area contributed by atoms with Crippen LogP contribution < -0.4 is 0 Å². The second-order valence-electron chi connectivity index (χ2n) is 8.16. The van der Waals surface area contributed by atoms with E-state index in [1.807, 2.05) is 79.1 Å². The van der Waals surface area contributed by atoms with Crippen molar-refractivity contribution < 1.29 is 13.2 Å². The molecular formula is C24H27N3O3S. The Bertz CT molecular complexity index is 1180. The SMILES string of the molecule is CC1=C(c2ccc(C)cc2)S(=O)(=O)N=C1N1CCCN(C(=O)c2ccccc2C)CC1. The fourth-order valence-corrected chi connectivity index (χ4v) is 5.69. The van der Waals surface area contributed by atoms with Gasteiger partial charge >= 0.3 is 0 Å². The molecule has 2 heterocycles. The molecule has 2 aromatic carbocycles. The van der Waals surface area contributed by atoms with Crippen molar-refractivity contribution in [3.8, 4) is 0 Å². The maximum Gasteiger partial charge on any atom is 0.285 e. The zero-order chi connectivity index (χ0) is 22.2. The zero-order valence-electron chi connectivity index (χ0n) is 18.1. The first-order valence-corrected chi connectivity index (χ1v) is 11.9. The fraction of sp³-hybridized carbons (Fsp3) is 0.333. The van der Waals surface area contributed by atoms with Crippen molar-refractivity contribution in [1.82, 2.24) is 9.80 Å². The number of amidine groups is 1. The number of nitrogens with zero attached hydrogens (tertiary/aromatic N) is 3. The first-order chi connectivity index (χ1) is 14.8. The molecule has 0 aromatic heterocycles. The number of hydrogen-bond acceptors (Lipinski definition) is 4. The van der Waals surface area contributed by atoms with Crippen LogP contribution in [0, 0.1) is 13.8 Å². The van der Waals surface area contributed by atoms with Crippen LogP contribution in [0.5, 0.6) is 0 Å². The summed E-state index contributed by atoms with van der Waals surface area (Å²) in [6, 6.07) is 15.1. The quantitative estimate of drug-likeness (QED) is 0.720. The van der Waals surface area contributed by atoms with Crippen molar-refractivity contribution in [2.24, 2.45) is 4.40 Å². The van der Waals surface area contributed by atoms with Gasteiger partial charge in [0.1, 0.15) is 10.7 Å². The predicted molar refractivity (Wildman–Crippen MR) is 123 cm³/mol. The molecule has 2 aromatic rings. The highest BCUT2D eigenvalue weighted by atomic mass is 32.2. The Hall–Kier alpha value is -2.93. The van der Waals surface area contributed by atoms with E-state index in [9.17, 15) is 13.2 Å². The zero-order valence-corrected chi connectivity index (χ0v) is 18.9. The van der Waals surface area contributed by atoms with Crippen LogP contribution in [-0.2, 0) is 10.0 Å². The Balaban J connectivity index is 1.56. The number of carbonyl (C=O) groups is 1. The Morgan fingerprint density at radius 1 is 0.903 bits per heavy atom. The second-order valence-corrected chi connectivity index (χ2v) is 9.70. The summed E-state index contributed by atoms with van der Waals surface area (Å²) in [7, 11) is -3.75. The van der Waals surface area contributed by atoms with Gasteiger partial charge in [-0.25, -0.2) is 0 Å². The molecule has 162 valence electrons. The van der Waals surface area contributed by atoms with E-state index < -0.39 is 10.0 Å². The lowest BCUT2D eigenvalue weighted by Crippen LogP contribution is -2.37. The Morgan fingerprint density at radius 3 is 2.32 bits per heavy atom. The molecule has 1 amide bonds. The van der Waals surface area contributed by atoms with Gasteiger partial charge in [0.2, 0.25) is 0 Å². The van der Waals surface area contributed by atoms with Crippen LogP contribution in [0.25, 0.3) is 4.91 Å². The number of carbonyl (C=O) groups excluding carboxylic acids is 1.